The summed E-state index contributed by atoms with van der Waals surface area (Å²) in [7, 11) is 0. The van der Waals surface area contributed by atoms with E-state index in [0.717, 1.165) is 46.6 Å². The van der Waals surface area contributed by atoms with Crippen LogP contribution in [0.1, 0.15) is 40.2 Å². The zero-order valence-electron chi connectivity index (χ0n) is 25.3. The Morgan fingerprint density at radius 1 is 0.800 bits per heavy atom. The van der Waals surface area contributed by atoms with Gasteiger partial charge in [0.15, 0.2) is 0 Å². The molecule has 2 aliphatic carbocycles. The van der Waals surface area contributed by atoms with Crippen LogP contribution >= 0.6 is 0 Å². The van der Waals surface area contributed by atoms with Gasteiger partial charge >= 0.3 is 0 Å². The molecule has 0 aromatic heterocycles. The Morgan fingerprint density at radius 2 is 1.60 bits per heavy atom. The molecule has 216 valence electrons. The molecule has 0 radical (unpaired) electrons. The van der Waals surface area contributed by atoms with Crippen molar-refractivity contribution in [2.24, 2.45) is 0 Å². The minimum atomic E-state index is 0.179. The van der Waals surface area contributed by atoms with Crippen molar-refractivity contribution < 1.29 is 4.74 Å². The Balaban J connectivity index is 1.25. The van der Waals surface area contributed by atoms with Crippen LogP contribution in [0.25, 0.3) is 28.5 Å². The maximum Gasteiger partial charge on any atom is 0.139 e. The van der Waals surface area contributed by atoms with Gasteiger partial charge in [-0.15, -0.1) is 0 Å². The van der Waals surface area contributed by atoms with Gasteiger partial charge in [-0.25, -0.2) is 0 Å². The molecule has 0 spiro atoms. The van der Waals surface area contributed by atoms with Gasteiger partial charge in [0.25, 0.3) is 0 Å². The van der Waals surface area contributed by atoms with Gasteiger partial charge < -0.3 is 4.74 Å². The molecule has 45 heavy (non-hydrogen) atoms. The first kappa shape index (κ1) is 27.2. The molecule has 1 heteroatoms. The van der Waals surface area contributed by atoms with E-state index in [-0.39, 0.29) is 5.92 Å². The molecule has 1 nitrogen and oxygen atoms in total. The Hall–Kier alpha value is -5.40. The van der Waals surface area contributed by atoms with Crippen LogP contribution in [0.4, 0.5) is 0 Å². The van der Waals surface area contributed by atoms with Crippen LogP contribution in [0.15, 0.2) is 163 Å². The SMILES string of the molecule is C=C1CC=C(/C(c2ccccc2CC2=CC3=CC(C=C2)c2ccc4ccccc4c2O3)=c2\ccccc2=C)c2ccccc2C1. The molecule has 0 amide bonds. The van der Waals surface area contributed by atoms with E-state index in [1.54, 1.807) is 0 Å². The minimum absolute atomic E-state index is 0.179. The fourth-order valence-electron chi connectivity index (χ4n) is 7.07. The van der Waals surface area contributed by atoms with E-state index >= 15 is 0 Å². The van der Waals surface area contributed by atoms with Crippen molar-refractivity contribution in [1.82, 2.24) is 0 Å². The average molecular weight is 579 g/mol. The third-order valence-electron chi connectivity index (χ3n) is 9.26. The Bertz CT molecular complexity index is 2250. The highest BCUT2D eigenvalue weighted by Gasteiger charge is 2.24. The normalized spacial score (nSPS) is 17.6. The smallest absolute Gasteiger partial charge is 0.139 e. The summed E-state index contributed by atoms with van der Waals surface area (Å²) in [5.41, 5.74) is 11.2. The van der Waals surface area contributed by atoms with Gasteiger partial charge in [0.05, 0.1) is 0 Å². The van der Waals surface area contributed by atoms with Gasteiger partial charge in [0.2, 0.25) is 0 Å². The number of hydrogen-bond donors (Lipinski definition) is 0. The number of fused-ring (bicyclic) bond motifs is 6. The molecule has 1 unspecified atom stereocenters. The summed E-state index contributed by atoms with van der Waals surface area (Å²) in [5, 5.41) is 4.54. The summed E-state index contributed by atoms with van der Waals surface area (Å²) < 4.78 is 6.60. The molecule has 8 rings (SSSR count). The van der Waals surface area contributed by atoms with Crippen LogP contribution in [-0.2, 0) is 12.8 Å². The third kappa shape index (κ3) is 5.01. The first-order valence-electron chi connectivity index (χ1n) is 15.7. The standard InChI is InChI=1S/C44H34O/c1-29-19-23-42(38-16-8-5-13-33(38)25-29)43(37-15-7-3-11-30(37)2)39-17-9-6-14-34(39)26-31-20-21-35-28-36(27-31)45-44-40-18-10-4-12-32(40)22-24-41(35)44/h3-18,20-24,27-28,35H,1-2,19,25-26H2/b43-37+. The van der Waals surface area contributed by atoms with Crippen LogP contribution in [0.3, 0.4) is 0 Å². The molecule has 5 aromatic rings. The third-order valence-corrected chi connectivity index (χ3v) is 9.26. The first-order chi connectivity index (χ1) is 22.1. The molecule has 2 bridgehead atoms. The number of rotatable bonds is 4. The summed E-state index contributed by atoms with van der Waals surface area (Å²) in [6.07, 6.45) is 14.0. The zero-order chi connectivity index (χ0) is 30.3. The molecule has 0 N–H and O–H groups in total. The fourth-order valence-corrected chi connectivity index (χ4v) is 7.07. The maximum absolute atomic E-state index is 6.60. The Labute approximate surface area is 264 Å². The Kier molecular flexibility index (Phi) is 6.80. The van der Waals surface area contributed by atoms with Crippen molar-refractivity contribution in [2.45, 2.75) is 25.2 Å². The highest BCUT2D eigenvalue weighted by molar-refractivity contribution is 6.06. The quantitative estimate of drug-likeness (QED) is 0.193. The molecular weight excluding hydrogens is 544 g/mol. The largest absolute Gasteiger partial charge is 0.457 e. The second-order valence-corrected chi connectivity index (χ2v) is 12.3. The lowest BCUT2D eigenvalue weighted by Gasteiger charge is -2.22. The lowest BCUT2D eigenvalue weighted by molar-refractivity contribution is 0.429. The van der Waals surface area contributed by atoms with E-state index in [1.807, 2.05) is 0 Å². The topological polar surface area (TPSA) is 9.23 Å². The maximum atomic E-state index is 6.60. The number of benzene rings is 5. The van der Waals surface area contributed by atoms with Gasteiger partial charge in [-0.1, -0.05) is 146 Å². The summed E-state index contributed by atoms with van der Waals surface area (Å²) >= 11 is 0. The van der Waals surface area contributed by atoms with Crippen LogP contribution in [-0.4, -0.2) is 0 Å². The monoisotopic (exact) mass is 578 g/mol. The molecule has 1 aliphatic heterocycles. The summed E-state index contributed by atoms with van der Waals surface area (Å²) in [4.78, 5) is 0. The van der Waals surface area contributed by atoms with Crippen molar-refractivity contribution in [1.29, 1.82) is 0 Å². The van der Waals surface area contributed by atoms with Gasteiger partial charge in [-0.2, -0.15) is 0 Å². The van der Waals surface area contributed by atoms with E-state index in [1.165, 1.54) is 55.5 Å². The van der Waals surface area contributed by atoms with Gasteiger partial charge in [0.1, 0.15) is 11.5 Å². The van der Waals surface area contributed by atoms with E-state index in [0.29, 0.717) is 0 Å². The lowest BCUT2D eigenvalue weighted by Crippen LogP contribution is -2.26. The van der Waals surface area contributed by atoms with E-state index < -0.39 is 0 Å². The van der Waals surface area contributed by atoms with Crippen LogP contribution < -0.4 is 15.2 Å². The van der Waals surface area contributed by atoms with Gasteiger partial charge in [-0.3, -0.25) is 0 Å². The van der Waals surface area contributed by atoms with Crippen molar-refractivity contribution in [2.75, 3.05) is 0 Å². The van der Waals surface area contributed by atoms with Crippen molar-refractivity contribution in [3.63, 3.8) is 0 Å². The van der Waals surface area contributed by atoms with Crippen molar-refractivity contribution in [3.05, 3.63) is 201 Å². The molecule has 0 fully saturated rings. The van der Waals surface area contributed by atoms with Gasteiger partial charge in [-0.05, 0) is 86.2 Å². The number of hydrogen-bond acceptors (Lipinski definition) is 1. The van der Waals surface area contributed by atoms with Crippen molar-refractivity contribution in [3.8, 4) is 5.75 Å². The van der Waals surface area contributed by atoms with E-state index in [4.69, 9.17) is 4.74 Å². The lowest BCUT2D eigenvalue weighted by atomic mass is 9.84. The van der Waals surface area contributed by atoms with E-state index in [2.05, 4.69) is 153 Å². The molecule has 1 heterocycles. The first-order valence-corrected chi connectivity index (χ1v) is 15.7. The van der Waals surface area contributed by atoms with Crippen molar-refractivity contribution >= 4 is 28.5 Å². The van der Waals surface area contributed by atoms with Crippen LogP contribution in [0, 0.1) is 0 Å². The Morgan fingerprint density at radius 3 is 2.53 bits per heavy atom. The molecular formula is C44H34O. The summed E-state index contributed by atoms with van der Waals surface area (Å²) in [6.45, 7) is 8.87. The fraction of sp³-hybridized carbons (Fsp3) is 0.0909. The van der Waals surface area contributed by atoms with Gasteiger partial charge in [0, 0.05) is 16.9 Å². The summed E-state index contributed by atoms with van der Waals surface area (Å²) in [6, 6.07) is 39.0. The second kappa shape index (κ2) is 11.3. The molecule has 0 saturated carbocycles. The zero-order valence-corrected chi connectivity index (χ0v) is 25.3. The number of allylic oxidation sites excluding steroid dienone is 8. The molecule has 1 atom stereocenters. The molecule has 5 aromatic carbocycles. The molecule has 3 aliphatic rings. The highest BCUT2D eigenvalue weighted by atomic mass is 16.5. The highest BCUT2D eigenvalue weighted by Crippen LogP contribution is 2.43. The second-order valence-electron chi connectivity index (χ2n) is 12.3. The average Bonchev–Trinajstić information content (AvgIpc) is 3.33. The van der Waals surface area contributed by atoms with Crippen LogP contribution in [0.5, 0.6) is 5.75 Å². The predicted octanol–water partition coefficient (Wildman–Crippen LogP) is 9.13. The summed E-state index contributed by atoms with van der Waals surface area (Å²) in [5.74, 6) is 2.06. The molecule has 0 saturated heterocycles. The van der Waals surface area contributed by atoms with Crippen LogP contribution in [0.2, 0.25) is 0 Å². The predicted molar refractivity (Wildman–Crippen MR) is 188 cm³/mol. The minimum Gasteiger partial charge on any atom is -0.457 e. The van der Waals surface area contributed by atoms with E-state index in [9.17, 15) is 0 Å². The number of ether oxygens (including phenoxy) is 1.